The van der Waals surface area contributed by atoms with E-state index in [9.17, 15) is 14.7 Å². The second kappa shape index (κ2) is 9.75. The predicted octanol–water partition coefficient (Wildman–Crippen LogP) is 4.74. The first kappa shape index (κ1) is 24.0. The number of imidazole rings is 1. The van der Waals surface area contributed by atoms with E-state index >= 15 is 4.39 Å². The van der Waals surface area contributed by atoms with Crippen LogP contribution in [0, 0.1) is 17.7 Å². The van der Waals surface area contributed by atoms with E-state index in [4.69, 9.17) is 0 Å². The van der Waals surface area contributed by atoms with E-state index in [1.165, 1.54) is 4.90 Å². The highest BCUT2D eigenvalue weighted by Crippen LogP contribution is 2.37. The molecule has 2 N–H and O–H groups in total. The minimum atomic E-state index is -1.10. The van der Waals surface area contributed by atoms with E-state index in [2.05, 4.69) is 22.3 Å². The number of halogens is 1. The summed E-state index contributed by atoms with van der Waals surface area (Å²) < 4.78 is 19.2. The topological polar surface area (TPSA) is 105 Å². The van der Waals surface area contributed by atoms with Crippen LogP contribution >= 0.6 is 0 Å². The number of hydrogen-bond donors (Lipinski definition) is 2. The number of aryl methyl sites for hydroxylation is 1. The highest BCUT2D eigenvalue weighted by molar-refractivity contribution is 5.92. The Morgan fingerprint density at radius 3 is 2.72 bits per heavy atom. The molecule has 0 spiro atoms. The molecular formula is C26H31FN6O3. The Labute approximate surface area is 208 Å². The first-order chi connectivity index (χ1) is 17.4. The van der Waals surface area contributed by atoms with Crippen molar-refractivity contribution in [2.75, 3.05) is 6.54 Å². The fourth-order valence-electron chi connectivity index (χ4n) is 5.52. The second-order valence-corrected chi connectivity index (χ2v) is 9.77. The zero-order valence-electron chi connectivity index (χ0n) is 20.5. The summed E-state index contributed by atoms with van der Waals surface area (Å²) >= 11 is 0. The van der Waals surface area contributed by atoms with Gasteiger partial charge in [-0.05, 0) is 43.7 Å². The van der Waals surface area contributed by atoms with Crippen molar-refractivity contribution < 1.29 is 19.1 Å². The number of carboxylic acid groups (broad SMARTS) is 1. The standard InChI is InChI=1S/C26H31FN6O3/c1-3-33-21(12-13-29-33)25(34)30-24(17-8-6-16(2)7-9-17)32-15-28-23-20(32)11-10-18(22(23)27)19-5-4-14-31(19)26(35)36/h4-5,10-13,15-17,19,24H,3,6-9,14H2,1-2H3,(H,30,34)(H,35,36)/t16?,17?,19?,24-/m0/s1. The fraction of sp³-hybridized carbons (Fsp3) is 0.462. The minimum Gasteiger partial charge on any atom is -0.465 e. The van der Waals surface area contributed by atoms with Crippen LogP contribution in [0.2, 0.25) is 0 Å². The molecular weight excluding hydrogens is 463 g/mol. The van der Waals surface area contributed by atoms with Gasteiger partial charge in [0.1, 0.15) is 17.4 Å². The molecule has 36 heavy (non-hydrogen) atoms. The molecule has 1 saturated carbocycles. The lowest BCUT2D eigenvalue weighted by atomic mass is 9.81. The summed E-state index contributed by atoms with van der Waals surface area (Å²) in [6, 6.07) is 4.40. The van der Waals surface area contributed by atoms with Gasteiger partial charge in [0.25, 0.3) is 5.91 Å². The number of carbonyl (C=O) groups is 2. The van der Waals surface area contributed by atoms with Crippen LogP contribution in [-0.4, -0.2) is 47.9 Å². The average molecular weight is 495 g/mol. The van der Waals surface area contributed by atoms with E-state index in [0.717, 1.165) is 25.7 Å². The summed E-state index contributed by atoms with van der Waals surface area (Å²) in [6.07, 6.45) is 9.12. The Bertz CT molecular complexity index is 1310. The van der Waals surface area contributed by atoms with Gasteiger partial charge >= 0.3 is 6.09 Å². The maximum absolute atomic E-state index is 15.7. The van der Waals surface area contributed by atoms with Gasteiger partial charge in [-0.3, -0.25) is 14.4 Å². The van der Waals surface area contributed by atoms with Crippen molar-refractivity contribution in [1.82, 2.24) is 29.5 Å². The Hall–Kier alpha value is -3.69. The summed E-state index contributed by atoms with van der Waals surface area (Å²) in [5, 5.41) is 16.9. The van der Waals surface area contributed by atoms with Crippen molar-refractivity contribution in [2.24, 2.45) is 11.8 Å². The van der Waals surface area contributed by atoms with Crippen molar-refractivity contribution >= 4 is 23.0 Å². The molecule has 1 aliphatic carbocycles. The number of hydrogen-bond acceptors (Lipinski definition) is 4. The molecule has 190 valence electrons. The molecule has 3 aromatic rings. The molecule has 9 nitrogen and oxygen atoms in total. The highest BCUT2D eigenvalue weighted by Gasteiger charge is 2.33. The lowest BCUT2D eigenvalue weighted by Crippen LogP contribution is -2.39. The number of rotatable bonds is 6. The van der Waals surface area contributed by atoms with Gasteiger partial charge in [0, 0.05) is 24.8 Å². The van der Waals surface area contributed by atoms with Gasteiger partial charge in [0.2, 0.25) is 0 Å². The Morgan fingerprint density at radius 2 is 2.00 bits per heavy atom. The first-order valence-electron chi connectivity index (χ1n) is 12.5. The molecule has 1 aromatic carbocycles. The minimum absolute atomic E-state index is 0.167. The molecule has 3 heterocycles. The monoisotopic (exact) mass is 494 g/mol. The SMILES string of the molecule is CCn1nccc1C(=O)N[C@H](C1CCC(C)CC1)n1cnc2c(F)c(C3C=CCN3C(=O)O)ccc21. The molecule has 1 unspecified atom stereocenters. The Balaban J connectivity index is 1.51. The Morgan fingerprint density at radius 1 is 1.22 bits per heavy atom. The zero-order chi connectivity index (χ0) is 25.4. The van der Waals surface area contributed by atoms with Gasteiger partial charge in [-0.25, -0.2) is 14.2 Å². The molecule has 2 aromatic heterocycles. The maximum atomic E-state index is 15.7. The number of carbonyl (C=O) groups excluding carboxylic acids is 1. The third kappa shape index (κ3) is 4.25. The van der Waals surface area contributed by atoms with Crippen LogP contribution in [0.4, 0.5) is 9.18 Å². The summed E-state index contributed by atoms with van der Waals surface area (Å²) in [5.41, 5.74) is 1.47. The number of benzene rings is 1. The van der Waals surface area contributed by atoms with Crippen LogP contribution in [0.5, 0.6) is 0 Å². The van der Waals surface area contributed by atoms with Crippen LogP contribution < -0.4 is 5.32 Å². The molecule has 2 aliphatic rings. The van der Waals surface area contributed by atoms with Crippen molar-refractivity contribution in [1.29, 1.82) is 0 Å². The quantitative estimate of drug-likeness (QED) is 0.482. The zero-order valence-corrected chi connectivity index (χ0v) is 20.5. The molecule has 2 amide bonds. The number of fused-ring (bicyclic) bond motifs is 1. The summed E-state index contributed by atoms with van der Waals surface area (Å²) in [4.78, 5) is 30.4. The predicted molar refractivity (Wildman–Crippen MR) is 132 cm³/mol. The number of aromatic nitrogens is 4. The normalized spacial score (nSPS) is 22.8. The van der Waals surface area contributed by atoms with Crippen LogP contribution in [0.15, 0.2) is 42.9 Å². The molecule has 5 rings (SSSR count). The van der Waals surface area contributed by atoms with Crippen molar-refractivity contribution in [2.45, 2.75) is 58.3 Å². The van der Waals surface area contributed by atoms with Gasteiger partial charge in [-0.1, -0.05) is 38.0 Å². The van der Waals surface area contributed by atoms with Crippen molar-refractivity contribution in [3.8, 4) is 0 Å². The maximum Gasteiger partial charge on any atom is 0.408 e. The van der Waals surface area contributed by atoms with Crippen LogP contribution in [0.25, 0.3) is 11.0 Å². The number of nitrogens with zero attached hydrogens (tertiary/aromatic N) is 5. The molecule has 0 bridgehead atoms. The average Bonchev–Trinajstić information content (AvgIpc) is 3.63. The second-order valence-electron chi connectivity index (χ2n) is 9.77. The van der Waals surface area contributed by atoms with Gasteiger partial charge in [0.05, 0.1) is 17.9 Å². The third-order valence-electron chi connectivity index (χ3n) is 7.57. The molecule has 0 radical (unpaired) electrons. The van der Waals surface area contributed by atoms with Crippen LogP contribution in [0.3, 0.4) is 0 Å². The van der Waals surface area contributed by atoms with Gasteiger partial charge < -0.3 is 15.0 Å². The number of nitrogens with one attached hydrogen (secondary N) is 1. The number of amides is 2. The van der Waals surface area contributed by atoms with E-state index < -0.39 is 24.1 Å². The summed E-state index contributed by atoms with van der Waals surface area (Å²) in [5.74, 6) is 0.0319. The summed E-state index contributed by atoms with van der Waals surface area (Å²) in [6.45, 7) is 4.96. The van der Waals surface area contributed by atoms with E-state index in [-0.39, 0.29) is 29.4 Å². The third-order valence-corrected chi connectivity index (χ3v) is 7.57. The van der Waals surface area contributed by atoms with E-state index in [0.29, 0.717) is 23.7 Å². The molecule has 0 saturated heterocycles. The van der Waals surface area contributed by atoms with Crippen molar-refractivity contribution in [3.05, 3.63) is 59.9 Å². The molecule has 10 heteroatoms. The van der Waals surface area contributed by atoms with Crippen LogP contribution in [-0.2, 0) is 6.54 Å². The van der Waals surface area contributed by atoms with Crippen LogP contribution in [0.1, 0.15) is 67.8 Å². The lowest BCUT2D eigenvalue weighted by Gasteiger charge is -2.34. The Kier molecular flexibility index (Phi) is 6.51. The smallest absolute Gasteiger partial charge is 0.408 e. The largest absolute Gasteiger partial charge is 0.465 e. The van der Waals surface area contributed by atoms with Gasteiger partial charge in [-0.2, -0.15) is 5.10 Å². The van der Waals surface area contributed by atoms with Crippen molar-refractivity contribution in [3.63, 3.8) is 0 Å². The van der Waals surface area contributed by atoms with Gasteiger partial charge in [-0.15, -0.1) is 0 Å². The molecule has 1 aliphatic heterocycles. The van der Waals surface area contributed by atoms with E-state index in [1.807, 2.05) is 11.5 Å². The first-order valence-corrected chi connectivity index (χ1v) is 12.5. The fourth-order valence-corrected chi connectivity index (χ4v) is 5.52. The molecule has 2 atom stereocenters. The summed E-state index contributed by atoms with van der Waals surface area (Å²) in [7, 11) is 0. The van der Waals surface area contributed by atoms with E-state index in [1.54, 1.807) is 47.6 Å². The molecule has 1 fully saturated rings. The van der Waals surface area contributed by atoms with Gasteiger partial charge in [0.15, 0.2) is 5.82 Å². The lowest BCUT2D eigenvalue weighted by molar-refractivity contribution is 0.0860. The highest BCUT2D eigenvalue weighted by atomic mass is 19.1.